The van der Waals surface area contributed by atoms with Gasteiger partial charge in [-0.05, 0) is 78.4 Å². The summed E-state index contributed by atoms with van der Waals surface area (Å²) in [4.78, 5) is 26.2. The van der Waals surface area contributed by atoms with Crippen LogP contribution in [0, 0.1) is 0 Å². The van der Waals surface area contributed by atoms with Crippen LogP contribution in [0.15, 0.2) is 72.9 Å². The number of anilines is 1. The fraction of sp³-hybridized carbons (Fsp3) is 0.323. The van der Waals surface area contributed by atoms with Crippen LogP contribution in [-0.4, -0.2) is 34.8 Å². The Morgan fingerprint density at radius 2 is 1.85 bits per heavy atom. The maximum Gasteiger partial charge on any atom is 0.413 e. The summed E-state index contributed by atoms with van der Waals surface area (Å²) in [5, 5.41) is 17.3. The molecule has 1 saturated heterocycles. The summed E-state index contributed by atoms with van der Waals surface area (Å²) in [5.41, 5.74) is 4.21. The van der Waals surface area contributed by atoms with E-state index in [0.29, 0.717) is 11.3 Å². The molecule has 0 radical (unpaired) electrons. The zero-order chi connectivity index (χ0) is 27.4. The molecule has 1 unspecified atom stereocenters. The molecular weight excluding hydrogens is 490 g/mol. The monoisotopic (exact) mass is 525 g/mol. The summed E-state index contributed by atoms with van der Waals surface area (Å²) in [6.45, 7) is 7.35. The van der Waals surface area contributed by atoms with Crippen LogP contribution < -0.4 is 20.7 Å². The van der Waals surface area contributed by atoms with Crippen molar-refractivity contribution in [3.05, 3.63) is 89.6 Å². The van der Waals surface area contributed by atoms with Gasteiger partial charge < -0.3 is 20.7 Å². The van der Waals surface area contributed by atoms with E-state index in [4.69, 9.17) is 4.74 Å². The number of ether oxygens (including phenoxy) is 1. The number of fused-ring (bicyclic) bond motifs is 1. The highest BCUT2D eigenvalue weighted by Crippen LogP contribution is 2.27. The Morgan fingerprint density at radius 1 is 1.03 bits per heavy atom. The maximum atomic E-state index is 13.1. The Morgan fingerprint density at radius 3 is 2.59 bits per heavy atom. The molecule has 0 spiro atoms. The molecule has 1 aromatic heterocycles. The SMILES string of the molecule is CC(C)(C)c1ccc(NC(=O)c2cccc(C(NC(=O)Oc3ccc4[nH]ncc4c3)[C@@H]3CCCCN3)c2)cc1. The Bertz CT molecular complexity index is 1450. The van der Waals surface area contributed by atoms with Gasteiger partial charge in [-0.3, -0.25) is 9.89 Å². The van der Waals surface area contributed by atoms with Crippen molar-refractivity contribution >= 4 is 28.6 Å². The number of hydrogen-bond donors (Lipinski definition) is 4. The molecule has 39 heavy (non-hydrogen) atoms. The standard InChI is InChI=1S/C31H35N5O3/c1-31(2,3)23-10-12-24(13-11-23)34-29(37)21-8-6-7-20(17-21)28(27-9-4-5-16-32-27)35-30(38)39-25-14-15-26-22(18-25)19-33-36-26/h6-8,10-15,17-19,27-28,32H,4-5,9,16H2,1-3H3,(H,33,36)(H,34,37)(H,35,38)/t27-,28?/m0/s1. The van der Waals surface area contributed by atoms with Crippen LogP contribution in [0.4, 0.5) is 10.5 Å². The Hall–Kier alpha value is -4.17. The second-order valence-corrected chi connectivity index (χ2v) is 11.1. The van der Waals surface area contributed by atoms with E-state index in [-0.39, 0.29) is 23.4 Å². The van der Waals surface area contributed by atoms with E-state index in [2.05, 4.69) is 46.9 Å². The van der Waals surface area contributed by atoms with Gasteiger partial charge in [0.1, 0.15) is 5.75 Å². The van der Waals surface area contributed by atoms with Crippen LogP contribution >= 0.6 is 0 Å². The van der Waals surface area contributed by atoms with Crippen molar-refractivity contribution < 1.29 is 14.3 Å². The molecule has 2 heterocycles. The molecule has 202 valence electrons. The van der Waals surface area contributed by atoms with Crippen molar-refractivity contribution in [3.63, 3.8) is 0 Å². The van der Waals surface area contributed by atoms with Crippen LogP contribution in [-0.2, 0) is 5.41 Å². The lowest BCUT2D eigenvalue weighted by Crippen LogP contribution is -2.46. The van der Waals surface area contributed by atoms with Gasteiger partial charge in [-0.15, -0.1) is 0 Å². The number of benzene rings is 3. The highest BCUT2D eigenvalue weighted by molar-refractivity contribution is 6.04. The quantitative estimate of drug-likeness (QED) is 0.244. The molecule has 1 aliphatic rings. The van der Waals surface area contributed by atoms with Gasteiger partial charge in [0.05, 0.1) is 17.8 Å². The fourth-order valence-electron chi connectivity index (χ4n) is 4.96. The molecule has 1 fully saturated rings. The zero-order valence-electron chi connectivity index (χ0n) is 22.6. The summed E-state index contributed by atoms with van der Waals surface area (Å²) >= 11 is 0. The lowest BCUT2D eigenvalue weighted by Gasteiger charge is -2.32. The average Bonchev–Trinajstić information content (AvgIpc) is 3.40. The van der Waals surface area contributed by atoms with Gasteiger partial charge in [-0.25, -0.2) is 4.79 Å². The van der Waals surface area contributed by atoms with Gasteiger partial charge in [0.15, 0.2) is 0 Å². The van der Waals surface area contributed by atoms with Crippen LogP contribution in [0.5, 0.6) is 5.75 Å². The summed E-state index contributed by atoms with van der Waals surface area (Å²) in [5.74, 6) is 0.231. The van der Waals surface area contributed by atoms with Crippen molar-refractivity contribution in [2.45, 2.75) is 57.5 Å². The first kappa shape index (κ1) is 26.4. The van der Waals surface area contributed by atoms with Crippen LogP contribution in [0.1, 0.15) is 67.6 Å². The number of aromatic amines is 1. The summed E-state index contributed by atoms with van der Waals surface area (Å²) in [6.07, 6.45) is 4.19. The molecule has 4 aromatic rings. The van der Waals surface area contributed by atoms with Crippen molar-refractivity contribution in [2.75, 3.05) is 11.9 Å². The number of hydrogen-bond acceptors (Lipinski definition) is 5. The Kier molecular flexibility index (Phi) is 7.65. The van der Waals surface area contributed by atoms with E-state index in [1.807, 2.05) is 48.5 Å². The molecule has 0 aliphatic carbocycles. The predicted molar refractivity (Wildman–Crippen MR) is 153 cm³/mol. The molecule has 2 amide bonds. The average molecular weight is 526 g/mol. The molecule has 1 aliphatic heterocycles. The third-order valence-corrected chi connectivity index (χ3v) is 7.16. The fourth-order valence-corrected chi connectivity index (χ4v) is 4.96. The molecule has 2 atom stereocenters. The Balaban J connectivity index is 1.32. The molecular formula is C31H35N5O3. The highest BCUT2D eigenvalue weighted by atomic mass is 16.6. The smallest absolute Gasteiger partial charge is 0.410 e. The van der Waals surface area contributed by atoms with Gasteiger partial charge in [0.25, 0.3) is 5.91 Å². The number of rotatable bonds is 6. The highest BCUT2D eigenvalue weighted by Gasteiger charge is 2.28. The van der Waals surface area contributed by atoms with Gasteiger partial charge in [-0.1, -0.05) is 51.5 Å². The molecule has 5 rings (SSSR count). The van der Waals surface area contributed by atoms with Crippen LogP contribution in [0.25, 0.3) is 10.9 Å². The van der Waals surface area contributed by atoms with E-state index in [1.165, 1.54) is 5.56 Å². The van der Waals surface area contributed by atoms with Crippen molar-refractivity contribution in [2.24, 2.45) is 0 Å². The normalized spacial score (nSPS) is 16.4. The van der Waals surface area contributed by atoms with E-state index >= 15 is 0 Å². The first-order valence-corrected chi connectivity index (χ1v) is 13.4. The number of carbonyl (C=O) groups excluding carboxylic acids is 2. The van der Waals surface area contributed by atoms with Crippen molar-refractivity contribution in [1.82, 2.24) is 20.8 Å². The lowest BCUT2D eigenvalue weighted by molar-refractivity contribution is 0.102. The minimum absolute atomic E-state index is 0.0194. The third kappa shape index (κ3) is 6.46. The van der Waals surface area contributed by atoms with Gasteiger partial charge >= 0.3 is 6.09 Å². The van der Waals surface area contributed by atoms with Crippen LogP contribution in [0.3, 0.4) is 0 Å². The third-order valence-electron chi connectivity index (χ3n) is 7.16. The Labute approximate surface area is 228 Å². The zero-order valence-corrected chi connectivity index (χ0v) is 22.6. The predicted octanol–water partition coefficient (Wildman–Crippen LogP) is 6.08. The number of nitrogens with one attached hydrogen (secondary N) is 4. The molecule has 4 N–H and O–H groups in total. The van der Waals surface area contributed by atoms with E-state index in [9.17, 15) is 9.59 Å². The minimum Gasteiger partial charge on any atom is -0.410 e. The van der Waals surface area contributed by atoms with Crippen molar-refractivity contribution in [3.8, 4) is 5.75 Å². The number of nitrogens with zero attached hydrogens (tertiary/aromatic N) is 1. The summed E-state index contributed by atoms with van der Waals surface area (Å²) in [6, 6.07) is 20.3. The number of amides is 2. The second-order valence-electron chi connectivity index (χ2n) is 11.1. The molecule has 3 aromatic carbocycles. The number of carbonyl (C=O) groups is 2. The van der Waals surface area contributed by atoms with E-state index < -0.39 is 6.09 Å². The minimum atomic E-state index is -0.552. The molecule has 8 heteroatoms. The van der Waals surface area contributed by atoms with E-state index in [0.717, 1.165) is 48.0 Å². The molecule has 0 bridgehead atoms. The lowest BCUT2D eigenvalue weighted by atomic mass is 9.87. The molecule has 8 nitrogen and oxygen atoms in total. The number of piperidine rings is 1. The van der Waals surface area contributed by atoms with Gasteiger partial charge in [-0.2, -0.15) is 5.10 Å². The van der Waals surface area contributed by atoms with Crippen molar-refractivity contribution in [1.29, 1.82) is 0 Å². The van der Waals surface area contributed by atoms with Crippen LogP contribution in [0.2, 0.25) is 0 Å². The second kappa shape index (κ2) is 11.3. The van der Waals surface area contributed by atoms with E-state index in [1.54, 1.807) is 24.4 Å². The van der Waals surface area contributed by atoms with Gasteiger partial charge in [0.2, 0.25) is 0 Å². The number of H-pyrrole nitrogens is 1. The maximum absolute atomic E-state index is 13.1. The first-order chi connectivity index (χ1) is 18.8. The van der Waals surface area contributed by atoms with Gasteiger partial charge in [0, 0.05) is 22.7 Å². The summed E-state index contributed by atoms with van der Waals surface area (Å²) < 4.78 is 5.63. The largest absolute Gasteiger partial charge is 0.413 e. The molecule has 0 saturated carbocycles. The first-order valence-electron chi connectivity index (χ1n) is 13.4. The number of aromatic nitrogens is 2. The summed E-state index contributed by atoms with van der Waals surface area (Å²) in [7, 11) is 0. The topological polar surface area (TPSA) is 108 Å².